The molecule has 1 saturated heterocycles. The molecule has 0 radical (unpaired) electrons. The van der Waals surface area contributed by atoms with E-state index in [2.05, 4.69) is 34.0 Å². The molecule has 116 valence electrons. The molecule has 1 heterocycles. The van der Waals surface area contributed by atoms with Crippen LogP contribution in [0.25, 0.3) is 0 Å². The number of benzene rings is 1. The van der Waals surface area contributed by atoms with Crippen molar-refractivity contribution in [1.82, 2.24) is 10.2 Å². The summed E-state index contributed by atoms with van der Waals surface area (Å²) in [6, 6.07) is 6.73. The maximum absolute atomic E-state index is 13.0. The summed E-state index contributed by atoms with van der Waals surface area (Å²) in [5.74, 6) is 1.39. The van der Waals surface area contributed by atoms with Crippen molar-refractivity contribution in [1.29, 1.82) is 0 Å². The smallest absolute Gasteiger partial charge is 0.193 e. The van der Waals surface area contributed by atoms with Gasteiger partial charge < -0.3 is 15.1 Å². The van der Waals surface area contributed by atoms with E-state index < -0.39 is 0 Å². The molecule has 0 amide bonds. The number of guanidine groups is 1. The van der Waals surface area contributed by atoms with Crippen molar-refractivity contribution in [3.05, 3.63) is 30.1 Å². The highest BCUT2D eigenvalue weighted by Gasteiger charge is 2.19. The van der Waals surface area contributed by atoms with Crippen molar-refractivity contribution >= 4 is 11.6 Å². The maximum Gasteiger partial charge on any atom is 0.193 e. The molecule has 4 nitrogen and oxygen atoms in total. The lowest BCUT2D eigenvalue weighted by Gasteiger charge is -2.37. The minimum atomic E-state index is -0.185. The van der Waals surface area contributed by atoms with Gasteiger partial charge in [0.2, 0.25) is 0 Å². The molecule has 21 heavy (non-hydrogen) atoms. The fourth-order valence-electron chi connectivity index (χ4n) is 2.46. The molecule has 1 aliphatic rings. The van der Waals surface area contributed by atoms with E-state index in [1.54, 1.807) is 0 Å². The van der Waals surface area contributed by atoms with Crippen LogP contribution in [0.1, 0.15) is 13.8 Å². The van der Waals surface area contributed by atoms with E-state index in [1.165, 1.54) is 12.1 Å². The summed E-state index contributed by atoms with van der Waals surface area (Å²) in [6.07, 6.45) is 0. The standard InChI is InChI=1S/C16H25FN4/c1-13(2)12-19-16(18-3)21-10-8-20(9-11-21)15-6-4-14(17)5-7-15/h4-7,13H,8-12H2,1-3H3,(H,18,19). The van der Waals surface area contributed by atoms with Crippen LogP contribution < -0.4 is 10.2 Å². The van der Waals surface area contributed by atoms with Crippen molar-refractivity contribution in [3.63, 3.8) is 0 Å². The first-order chi connectivity index (χ1) is 10.1. The number of rotatable bonds is 3. The molecular weight excluding hydrogens is 267 g/mol. The Kier molecular flexibility index (Phi) is 5.42. The molecule has 0 aromatic heterocycles. The average Bonchev–Trinajstić information content (AvgIpc) is 2.49. The Morgan fingerprint density at radius 3 is 2.33 bits per heavy atom. The molecule has 0 atom stereocenters. The molecule has 0 saturated carbocycles. The Hall–Kier alpha value is -1.78. The Morgan fingerprint density at radius 1 is 1.19 bits per heavy atom. The third kappa shape index (κ3) is 4.34. The average molecular weight is 292 g/mol. The number of piperazine rings is 1. The summed E-state index contributed by atoms with van der Waals surface area (Å²) in [7, 11) is 1.83. The summed E-state index contributed by atoms with van der Waals surface area (Å²) in [5.41, 5.74) is 1.08. The normalized spacial score (nSPS) is 16.5. The molecule has 0 aliphatic carbocycles. The summed E-state index contributed by atoms with van der Waals surface area (Å²) in [5, 5.41) is 3.41. The van der Waals surface area contributed by atoms with Gasteiger partial charge in [-0.3, -0.25) is 4.99 Å². The second-order valence-corrected chi connectivity index (χ2v) is 5.77. The van der Waals surface area contributed by atoms with Crippen molar-refractivity contribution in [2.75, 3.05) is 44.7 Å². The highest BCUT2D eigenvalue weighted by atomic mass is 19.1. The zero-order valence-corrected chi connectivity index (χ0v) is 13.1. The first kappa shape index (κ1) is 15.6. The Morgan fingerprint density at radius 2 is 1.81 bits per heavy atom. The highest BCUT2D eigenvalue weighted by Crippen LogP contribution is 2.16. The van der Waals surface area contributed by atoms with Crippen molar-refractivity contribution < 1.29 is 4.39 Å². The molecule has 1 aliphatic heterocycles. The monoisotopic (exact) mass is 292 g/mol. The van der Waals surface area contributed by atoms with Crippen LogP contribution in [-0.4, -0.2) is 50.6 Å². The van der Waals surface area contributed by atoms with E-state index in [1.807, 2.05) is 19.2 Å². The van der Waals surface area contributed by atoms with Gasteiger partial charge >= 0.3 is 0 Å². The SMILES string of the molecule is CN=C(NCC(C)C)N1CCN(c2ccc(F)cc2)CC1. The van der Waals surface area contributed by atoms with E-state index in [4.69, 9.17) is 0 Å². The molecule has 1 aromatic carbocycles. The van der Waals surface area contributed by atoms with Gasteiger partial charge in [0.25, 0.3) is 0 Å². The van der Waals surface area contributed by atoms with E-state index in [-0.39, 0.29) is 5.82 Å². The summed E-state index contributed by atoms with van der Waals surface area (Å²) >= 11 is 0. The molecule has 5 heteroatoms. The van der Waals surface area contributed by atoms with Crippen molar-refractivity contribution in [2.24, 2.45) is 10.9 Å². The summed E-state index contributed by atoms with van der Waals surface area (Å²) < 4.78 is 13.0. The fraction of sp³-hybridized carbons (Fsp3) is 0.562. The molecule has 0 bridgehead atoms. The number of halogens is 1. The van der Waals surface area contributed by atoms with Gasteiger partial charge in [-0.25, -0.2) is 4.39 Å². The van der Waals surface area contributed by atoms with Gasteiger partial charge in [-0.1, -0.05) is 13.8 Å². The van der Waals surface area contributed by atoms with Crippen LogP contribution in [0, 0.1) is 11.7 Å². The number of hydrogen-bond acceptors (Lipinski definition) is 2. The number of nitrogens with zero attached hydrogens (tertiary/aromatic N) is 3. The van der Waals surface area contributed by atoms with Gasteiger partial charge in [-0.15, -0.1) is 0 Å². The Bertz CT molecular complexity index is 462. The largest absolute Gasteiger partial charge is 0.368 e. The Labute approximate surface area is 126 Å². The number of anilines is 1. The fourth-order valence-corrected chi connectivity index (χ4v) is 2.46. The molecule has 1 aromatic rings. The third-order valence-corrected chi connectivity index (χ3v) is 3.65. The van der Waals surface area contributed by atoms with E-state index in [9.17, 15) is 4.39 Å². The van der Waals surface area contributed by atoms with Gasteiger partial charge in [0.05, 0.1) is 0 Å². The Balaban J connectivity index is 1.88. The predicted molar refractivity (Wildman–Crippen MR) is 86.4 cm³/mol. The van der Waals surface area contributed by atoms with Crippen LogP contribution in [0.15, 0.2) is 29.3 Å². The summed E-state index contributed by atoms with van der Waals surface area (Å²) in [4.78, 5) is 8.92. The zero-order chi connectivity index (χ0) is 15.2. The number of aliphatic imine (C=N–C) groups is 1. The molecule has 0 unspecified atom stereocenters. The van der Waals surface area contributed by atoms with Crippen LogP contribution >= 0.6 is 0 Å². The molecule has 1 N–H and O–H groups in total. The van der Waals surface area contributed by atoms with Gasteiger partial charge in [0, 0.05) is 45.5 Å². The van der Waals surface area contributed by atoms with Crippen LogP contribution in [-0.2, 0) is 0 Å². The van der Waals surface area contributed by atoms with Crippen LogP contribution in [0.2, 0.25) is 0 Å². The first-order valence-corrected chi connectivity index (χ1v) is 7.56. The minimum Gasteiger partial charge on any atom is -0.368 e. The lowest BCUT2D eigenvalue weighted by molar-refractivity contribution is 0.370. The topological polar surface area (TPSA) is 30.9 Å². The maximum atomic E-state index is 13.0. The third-order valence-electron chi connectivity index (χ3n) is 3.65. The van der Waals surface area contributed by atoms with Crippen molar-refractivity contribution in [2.45, 2.75) is 13.8 Å². The second-order valence-electron chi connectivity index (χ2n) is 5.77. The highest BCUT2D eigenvalue weighted by molar-refractivity contribution is 5.80. The van der Waals surface area contributed by atoms with Gasteiger partial charge in [-0.05, 0) is 30.2 Å². The number of nitrogens with one attached hydrogen (secondary N) is 1. The number of hydrogen-bond donors (Lipinski definition) is 1. The van der Waals surface area contributed by atoms with E-state index in [0.29, 0.717) is 5.92 Å². The quantitative estimate of drug-likeness (QED) is 0.684. The minimum absolute atomic E-state index is 0.185. The van der Waals surface area contributed by atoms with Crippen LogP contribution in [0.5, 0.6) is 0 Å². The lowest BCUT2D eigenvalue weighted by Crippen LogP contribution is -2.53. The van der Waals surface area contributed by atoms with E-state index >= 15 is 0 Å². The second kappa shape index (κ2) is 7.29. The van der Waals surface area contributed by atoms with Crippen LogP contribution in [0.4, 0.5) is 10.1 Å². The van der Waals surface area contributed by atoms with Gasteiger partial charge in [0.15, 0.2) is 5.96 Å². The predicted octanol–water partition coefficient (Wildman–Crippen LogP) is 2.18. The van der Waals surface area contributed by atoms with Gasteiger partial charge in [0.1, 0.15) is 5.82 Å². The van der Waals surface area contributed by atoms with Crippen molar-refractivity contribution in [3.8, 4) is 0 Å². The molecule has 1 fully saturated rings. The van der Waals surface area contributed by atoms with E-state index in [0.717, 1.165) is 44.4 Å². The lowest BCUT2D eigenvalue weighted by atomic mass is 10.2. The summed E-state index contributed by atoms with van der Waals surface area (Å²) in [6.45, 7) is 9.01. The molecule has 2 rings (SSSR count). The molecular formula is C16H25FN4. The zero-order valence-electron chi connectivity index (χ0n) is 13.1. The van der Waals surface area contributed by atoms with Crippen LogP contribution in [0.3, 0.4) is 0 Å². The first-order valence-electron chi connectivity index (χ1n) is 7.56. The van der Waals surface area contributed by atoms with Gasteiger partial charge in [-0.2, -0.15) is 0 Å². The molecule has 0 spiro atoms.